The summed E-state index contributed by atoms with van der Waals surface area (Å²) >= 11 is 13.1. The average Bonchev–Trinajstić information content (AvgIpc) is 2.24. The molecular formula is C10H11Cl2NO2S. The maximum absolute atomic E-state index is 11.5. The summed E-state index contributed by atoms with van der Waals surface area (Å²) in [5.41, 5.74) is 0.431. The Balaban J connectivity index is 2.56. The average molecular weight is 280 g/mol. The highest BCUT2D eigenvalue weighted by atomic mass is 35.5. The molecular weight excluding hydrogens is 269 g/mol. The molecule has 0 fully saturated rings. The van der Waals surface area contributed by atoms with E-state index in [4.69, 9.17) is 28.3 Å². The fourth-order valence-corrected chi connectivity index (χ4v) is 2.05. The van der Waals surface area contributed by atoms with Crippen LogP contribution in [0, 0.1) is 0 Å². The monoisotopic (exact) mass is 279 g/mol. The normalized spacial score (nSPS) is 10.2. The molecule has 3 nitrogen and oxygen atoms in total. The quantitative estimate of drug-likeness (QED) is 0.815. The number of para-hydroxylation sites is 1. The lowest BCUT2D eigenvalue weighted by Crippen LogP contribution is -2.15. The molecule has 0 atom stereocenters. The highest BCUT2D eigenvalue weighted by Gasteiger charge is 2.09. The number of carbonyl (C=O) groups is 1. The van der Waals surface area contributed by atoms with E-state index in [0.717, 1.165) is 0 Å². The van der Waals surface area contributed by atoms with Gasteiger partial charge in [0.2, 0.25) is 5.91 Å². The number of nitrogens with one attached hydrogen (secondary N) is 1. The van der Waals surface area contributed by atoms with E-state index in [-0.39, 0.29) is 18.3 Å². The fourth-order valence-electron chi connectivity index (χ4n) is 1.02. The van der Waals surface area contributed by atoms with Crippen molar-refractivity contribution in [2.24, 2.45) is 0 Å². The number of thioether (sulfide) groups is 1. The second-order valence-electron chi connectivity index (χ2n) is 2.92. The molecule has 6 heteroatoms. The van der Waals surface area contributed by atoms with E-state index in [9.17, 15) is 4.79 Å². The van der Waals surface area contributed by atoms with E-state index in [1.165, 1.54) is 11.8 Å². The zero-order valence-corrected chi connectivity index (χ0v) is 10.7. The lowest BCUT2D eigenvalue weighted by atomic mass is 10.3. The van der Waals surface area contributed by atoms with Gasteiger partial charge in [0.05, 0.1) is 28.1 Å². The Labute approximate surface area is 108 Å². The molecule has 0 aromatic heterocycles. The summed E-state index contributed by atoms with van der Waals surface area (Å²) in [7, 11) is 0. The van der Waals surface area contributed by atoms with Crippen molar-refractivity contribution in [2.45, 2.75) is 0 Å². The lowest BCUT2D eigenvalue weighted by Gasteiger charge is -2.08. The number of carbonyl (C=O) groups excluding carboxylic acids is 1. The number of anilines is 1. The second-order valence-corrected chi connectivity index (χ2v) is 4.84. The van der Waals surface area contributed by atoms with Gasteiger partial charge in [-0.15, -0.1) is 11.8 Å². The minimum atomic E-state index is -0.187. The van der Waals surface area contributed by atoms with Gasteiger partial charge in [0, 0.05) is 5.75 Å². The summed E-state index contributed by atoms with van der Waals surface area (Å²) in [4.78, 5) is 11.5. The molecule has 0 aliphatic rings. The minimum Gasteiger partial charge on any atom is -0.396 e. The molecule has 1 aromatic rings. The van der Waals surface area contributed by atoms with Crippen LogP contribution >= 0.6 is 35.0 Å². The van der Waals surface area contributed by atoms with E-state index >= 15 is 0 Å². The number of hydrogen-bond donors (Lipinski definition) is 2. The van der Waals surface area contributed by atoms with Crippen LogP contribution in [0.1, 0.15) is 0 Å². The van der Waals surface area contributed by atoms with Crippen LogP contribution in [0.15, 0.2) is 18.2 Å². The van der Waals surface area contributed by atoms with E-state index in [0.29, 0.717) is 21.5 Å². The van der Waals surface area contributed by atoms with Gasteiger partial charge in [-0.25, -0.2) is 0 Å². The first-order chi connectivity index (χ1) is 7.65. The summed E-state index contributed by atoms with van der Waals surface area (Å²) in [5, 5.41) is 12.0. The summed E-state index contributed by atoms with van der Waals surface area (Å²) in [6, 6.07) is 5.02. The summed E-state index contributed by atoms with van der Waals surface area (Å²) < 4.78 is 0. The number of amides is 1. The molecule has 0 unspecified atom stereocenters. The van der Waals surface area contributed by atoms with Gasteiger partial charge in [-0.05, 0) is 12.1 Å². The lowest BCUT2D eigenvalue weighted by molar-refractivity contribution is -0.113. The first kappa shape index (κ1) is 13.6. The molecule has 0 spiro atoms. The first-order valence-electron chi connectivity index (χ1n) is 4.57. The second kappa shape index (κ2) is 7.01. The Morgan fingerprint density at radius 3 is 2.56 bits per heavy atom. The van der Waals surface area contributed by atoms with Crippen molar-refractivity contribution in [3.63, 3.8) is 0 Å². The zero-order valence-electron chi connectivity index (χ0n) is 8.37. The number of aliphatic hydroxyl groups excluding tert-OH is 1. The van der Waals surface area contributed by atoms with Crippen LogP contribution in [0.2, 0.25) is 10.0 Å². The van der Waals surface area contributed by atoms with E-state index in [1.54, 1.807) is 18.2 Å². The number of halogens is 2. The van der Waals surface area contributed by atoms with Gasteiger partial charge in [0.1, 0.15) is 0 Å². The maximum Gasteiger partial charge on any atom is 0.234 e. The van der Waals surface area contributed by atoms with E-state index < -0.39 is 0 Å². The molecule has 0 aliphatic heterocycles. The molecule has 1 rings (SSSR count). The third kappa shape index (κ3) is 4.22. The van der Waals surface area contributed by atoms with Crippen LogP contribution in [-0.4, -0.2) is 29.1 Å². The summed E-state index contributed by atoms with van der Waals surface area (Å²) in [6.45, 7) is 0.0603. The predicted octanol–water partition coefficient (Wildman–Crippen LogP) is 2.66. The van der Waals surface area contributed by atoms with Gasteiger partial charge in [0.15, 0.2) is 0 Å². The van der Waals surface area contributed by atoms with Crippen molar-refractivity contribution in [2.75, 3.05) is 23.4 Å². The molecule has 88 valence electrons. The van der Waals surface area contributed by atoms with Crippen LogP contribution < -0.4 is 5.32 Å². The Morgan fingerprint density at radius 1 is 1.38 bits per heavy atom. The predicted molar refractivity (Wildman–Crippen MR) is 69.5 cm³/mol. The van der Waals surface area contributed by atoms with Crippen molar-refractivity contribution in [3.05, 3.63) is 28.2 Å². The van der Waals surface area contributed by atoms with Crippen molar-refractivity contribution >= 4 is 46.6 Å². The molecule has 0 radical (unpaired) electrons. The van der Waals surface area contributed by atoms with Crippen LogP contribution in [-0.2, 0) is 4.79 Å². The SMILES string of the molecule is O=C(CSCCO)Nc1c(Cl)cccc1Cl. The van der Waals surface area contributed by atoms with Crippen molar-refractivity contribution in [3.8, 4) is 0 Å². The van der Waals surface area contributed by atoms with Crippen LogP contribution in [0.5, 0.6) is 0 Å². The third-order valence-electron chi connectivity index (χ3n) is 1.70. The zero-order chi connectivity index (χ0) is 12.0. The highest BCUT2D eigenvalue weighted by molar-refractivity contribution is 7.99. The van der Waals surface area contributed by atoms with Gasteiger partial charge in [-0.1, -0.05) is 29.3 Å². The molecule has 16 heavy (non-hydrogen) atoms. The molecule has 0 aliphatic carbocycles. The van der Waals surface area contributed by atoms with Crippen LogP contribution in [0.4, 0.5) is 5.69 Å². The first-order valence-corrected chi connectivity index (χ1v) is 6.48. The summed E-state index contributed by atoms with van der Waals surface area (Å²) in [6.07, 6.45) is 0. The Kier molecular flexibility index (Phi) is 5.98. The number of rotatable bonds is 5. The highest BCUT2D eigenvalue weighted by Crippen LogP contribution is 2.29. The largest absolute Gasteiger partial charge is 0.396 e. The third-order valence-corrected chi connectivity index (χ3v) is 3.26. The van der Waals surface area contributed by atoms with Gasteiger partial charge in [-0.3, -0.25) is 4.79 Å². The summed E-state index contributed by atoms with van der Waals surface area (Å²) in [5.74, 6) is 0.611. The Hall–Kier alpha value is -0.420. The molecule has 2 N–H and O–H groups in total. The molecule has 0 bridgehead atoms. The van der Waals surface area contributed by atoms with Gasteiger partial charge in [-0.2, -0.15) is 0 Å². The maximum atomic E-state index is 11.5. The Morgan fingerprint density at radius 2 is 2.00 bits per heavy atom. The number of hydrogen-bond acceptors (Lipinski definition) is 3. The van der Waals surface area contributed by atoms with Crippen molar-refractivity contribution < 1.29 is 9.90 Å². The minimum absolute atomic E-state index is 0.0603. The van der Waals surface area contributed by atoms with Crippen LogP contribution in [0.3, 0.4) is 0 Å². The number of benzene rings is 1. The molecule has 1 amide bonds. The molecule has 1 aromatic carbocycles. The van der Waals surface area contributed by atoms with Gasteiger partial charge >= 0.3 is 0 Å². The van der Waals surface area contributed by atoms with Crippen molar-refractivity contribution in [1.82, 2.24) is 0 Å². The number of aliphatic hydroxyl groups is 1. The topological polar surface area (TPSA) is 49.3 Å². The van der Waals surface area contributed by atoms with Gasteiger partial charge in [0.25, 0.3) is 0 Å². The smallest absolute Gasteiger partial charge is 0.234 e. The van der Waals surface area contributed by atoms with E-state index in [2.05, 4.69) is 5.32 Å². The fraction of sp³-hybridized carbons (Fsp3) is 0.300. The van der Waals surface area contributed by atoms with Crippen molar-refractivity contribution in [1.29, 1.82) is 0 Å². The standard InChI is InChI=1S/C10H11Cl2NO2S/c11-7-2-1-3-8(12)10(7)13-9(15)6-16-5-4-14/h1-3,14H,4-6H2,(H,13,15). The Bertz CT molecular complexity index is 354. The van der Waals surface area contributed by atoms with E-state index in [1.807, 2.05) is 0 Å². The van der Waals surface area contributed by atoms with Gasteiger partial charge < -0.3 is 10.4 Å². The van der Waals surface area contributed by atoms with Crippen LogP contribution in [0.25, 0.3) is 0 Å². The molecule has 0 saturated heterocycles. The molecule has 0 saturated carbocycles. The molecule has 0 heterocycles.